The first-order chi connectivity index (χ1) is 16.5. The van der Waals surface area contributed by atoms with Gasteiger partial charge in [0.15, 0.2) is 0 Å². The predicted octanol–water partition coefficient (Wildman–Crippen LogP) is 2.67. The molecule has 2 aromatic carbocycles. The van der Waals surface area contributed by atoms with E-state index in [0.717, 1.165) is 18.4 Å². The number of hydrogen-bond donors (Lipinski definition) is 2. The minimum Gasteiger partial charge on any atom is -0.492 e. The van der Waals surface area contributed by atoms with Crippen molar-refractivity contribution < 1.29 is 23.8 Å². The summed E-state index contributed by atoms with van der Waals surface area (Å²) in [5, 5.41) is 15.7. The van der Waals surface area contributed by atoms with Crippen molar-refractivity contribution in [2.45, 2.75) is 36.8 Å². The number of esters is 1. The fourth-order valence-corrected chi connectivity index (χ4v) is 4.31. The summed E-state index contributed by atoms with van der Waals surface area (Å²) in [6, 6.07) is 16.3. The van der Waals surface area contributed by atoms with Crippen molar-refractivity contribution >= 4 is 11.9 Å². The monoisotopic (exact) mass is 463 g/mol. The lowest BCUT2D eigenvalue weighted by Crippen LogP contribution is -2.61. The number of ether oxygens (including phenoxy) is 3. The molecule has 0 atom stereocenters. The van der Waals surface area contributed by atoms with E-state index in [1.165, 1.54) is 7.11 Å². The molecular weight excluding hydrogens is 434 g/mol. The Morgan fingerprint density at radius 2 is 1.82 bits per heavy atom. The third-order valence-electron chi connectivity index (χ3n) is 6.54. The molecule has 2 N–H and O–H groups in total. The molecule has 2 fully saturated rings. The summed E-state index contributed by atoms with van der Waals surface area (Å²) in [6.45, 7) is 1.86. The number of rotatable bonds is 9. The van der Waals surface area contributed by atoms with E-state index in [9.17, 15) is 9.59 Å². The van der Waals surface area contributed by atoms with Gasteiger partial charge in [0.05, 0.1) is 29.8 Å². The van der Waals surface area contributed by atoms with Gasteiger partial charge in [-0.1, -0.05) is 18.2 Å². The van der Waals surface area contributed by atoms with E-state index < -0.39 is 11.1 Å². The van der Waals surface area contributed by atoms with E-state index in [4.69, 9.17) is 19.5 Å². The van der Waals surface area contributed by atoms with E-state index in [1.54, 1.807) is 36.4 Å². The quantitative estimate of drug-likeness (QED) is 0.435. The van der Waals surface area contributed by atoms with E-state index >= 15 is 0 Å². The van der Waals surface area contributed by atoms with Gasteiger partial charge in [0, 0.05) is 19.8 Å². The molecule has 0 aromatic heterocycles. The molecule has 0 bridgehead atoms. The van der Waals surface area contributed by atoms with Crippen LogP contribution in [0.2, 0.25) is 0 Å². The van der Waals surface area contributed by atoms with Crippen LogP contribution in [-0.2, 0) is 19.8 Å². The summed E-state index contributed by atoms with van der Waals surface area (Å²) in [5.41, 5.74) is 0.859. The van der Waals surface area contributed by atoms with Crippen LogP contribution in [0.3, 0.4) is 0 Å². The van der Waals surface area contributed by atoms with Gasteiger partial charge < -0.3 is 19.5 Å². The second-order valence-corrected chi connectivity index (χ2v) is 8.71. The highest BCUT2D eigenvalue weighted by Gasteiger charge is 2.50. The van der Waals surface area contributed by atoms with Crippen LogP contribution < -0.4 is 15.4 Å². The summed E-state index contributed by atoms with van der Waals surface area (Å²) >= 11 is 0. The minimum absolute atomic E-state index is 0.0446. The number of nitriles is 1. The molecule has 34 heavy (non-hydrogen) atoms. The van der Waals surface area contributed by atoms with Gasteiger partial charge in [0.1, 0.15) is 17.9 Å². The summed E-state index contributed by atoms with van der Waals surface area (Å²) in [6.07, 6.45) is 2.84. The number of benzene rings is 2. The Balaban J connectivity index is 1.39. The Bertz CT molecular complexity index is 1070. The number of nitrogens with zero attached hydrogens (tertiary/aromatic N) is 1. The highest BCUT2D eigenvalue weighted by atomic mass is 16.5. The molecule has 178 valence electrons. The average molecular weight is 464 g/mol. The maximum atomic E-state index is 13.5. The first kappa shape index (κ1) is 23.7. The van der Waals surface area contributed by atoms with Gasteiger partial charge in [0.25, 0.3) is 0 Å². The van der Waals surface area contributed by atoms with Crippen molar-refractivity contribution in [1.82, 2.24) is 10.6 Å². The molecule has 1 heterocycles. The Morgan fingerprint density at radius 3 is 2.47 bits per heavy atom. The number of carbonyl (C=O) groups excluding carboxylic acids is 2. The first-order valence-electron chi connectivity index (χ1n) is 11.5. The zero-order valence-electron chi connectivity index (χ0n) is 19.3. The Morgan fingerprint density at radius 1 is 1.09 bits per heavy atom. The van der Waals surface area contributed by atoms with Crippen LogP contribution in [0.1, 0.15) is 47.2 Å². The standard InChI is InChI=1S/C26H29N3O5/c1-32-23(30)20-5-7-21(8-6-20)25(9-10-25)29-24(31)26(11-14-33-15-12-26)28-13-16-34-22-4-2-3-19(17-22)18-27/h2-8,17,28H,9-16H2,1H3,(H,29,31). The number of methoxy groups -OCH3 is 1. The number of hydrogen-bond acceptors (Lipinski definition) is 7. The zero-order chi connectivity index (χ0) is 24.0. The van der Waals surface area contributed by atoms with Crippen LogP contribution >= 0.6 is 0 Å². The summed E-state index contributed by atoms with van der Waals surface area (Å²) < 4.78 is 16.1. The van der Waals surface area contributed by atoms with E-state index in [2.05, 4.69) is 16.7 Å². The van der Waals surface area contributed by atoms with Crippen LogP contribution in [0.25, 0.3) is 0 Å². The second kappa shape index (κ2) is 10.2. The maximum Gasteiger partial charge on any atom is 0.337 e. The van der Waals surface area contributed by atoms with Gasteiger partial charge >= 0.3 is 5.97 Å². The molecule has 1 saturated carbocycles. The molecule has 0 radical (unpaired) electrons. The molecule has 0 spiro atoms. The second-order valence-electron chi connectivity index (χ2n) is 8.71. The van der Waals surface area contributed by atoms with Crippen LogP contribution in [0.15, 0.2) is 48.5 Å². The van der Waals surface area contributed by atoms with E-state index in [1.807, 2.05) is 12.1 Å². The lowest BCUT2D eigenvalue weighted by atomic mass is 9.88. The van der Waals surface area contributed by atoms with E-state index in [0.29, 0.717) is 56.1 Å². The molecule has 2 aliphatic rings. The summed E-state index contributed by atoms with van der Waals surface area (Å²) in [7, 11) is 1.35. The van der Waals surface area contributed by atoms with Crippen LogP contribution in [0, 0.1) is 11.3 Å². The van der Waals surface area contributed by atoms with E-state index in [-0.39, 0.29) is 11.9 Å². The first-order valence-corrected chi connectivity index (χ1v) is 11.5. The van der Waals surface area contributed by atoms with Crippen molar-refractivity contribution in [3.63, 3.8) is 0 Å². The van der Waals surface area contributed by atoms with Crippen molar-refractivity contribution in [2.24, 2.45) is 0 Å². The fraction of sp³-hybridized carbons (Fsp3) is 0.423. The van der Waals surface area contributed by atoms with Crippen LogP contribution in [0.5, 0.6) is 5.75 Å². The van der Waals surface area contributed by atoms with Gasteiger partial charge in [-0.15, -0.1) is 0 Å². The highest BCUT2D eigenvalue weighted by Crippen LogP contribution is 2.46. The Hall–Kier alpha value is -3.41. The molecule has 2 aromatic rings. The van der Waals surface area contributed by atoms with Crippen LogP contribution in [0.4, 0.5) is 0 Å². The molecule has 1 aliphatic heterocycles. The number of carbonyl (C=O) groups is 2. The summed E-state index contributed by atoms with van der Waals surface area (Å²) in [5.74, 6) is 0.197. The van der Waals surface area contributed by atoms with Gasteiger partial charge in [-0.25, -0.2) is 4.79 Å². The SMILES string of the molecule is COC(=O)c1ccc(C2(NC(=O)C3(NCCOc4cccc(C#N)c4)CCOCC3)CC2)cc1. The fourth-order valence-electron chi connectivity index (χ4n) is 4.31. The predicted molar refractivity (Wildman–Crippen MR) is 124 cm³/mol. The zero-order valence-corrected chi connectivity index (χ0v) is 19.3. The maximum absolute atomic E-state index is 13.5. The van der Waals surface area contributed by atoms with Crippen molar-refractivity contribution in [3.8, 4) is 11.8 Å². The smallest absolute Gasteiger partial charge is 0.337 e. The average Bonchev–Trinajstić information content (AvgIpc) is 3.67. The molecule has 1 amide bonds. The Kier molecular flexibility index (Phi) is 7.15. The van der Waals surface area contributed by atoms with Gasteiger partial charge in [-0.3, -0.25) is 10.1 Å². The minimum atomic E-state index is -0.738. The van der Waals surface area contributed by atoms with Gasteiger partial charge in [-0.05, 0) is 61.6 Å². The third kappa shape index (κ3) is 5.22. The van der Waals surface area contributed by atoms with Crippen molar-refractivity contribution in [3.05, 3.63) is 65.2 Å². The van der Waals surface area contributed by atoms with Gasteiger partial charge in [0.2, 0.25) is 5.91 Å². The lowest BCUT2D eigenvalue weighted by Gasteiger charge is -2.38. The third-order valence-corrected chi connectivity index (χ3v) is 6.54. The molecular formula is C26H29N3O5. The van der Waals surface area contributed by atoms with Crippen molar-refractivity contribution in [2.75, 3.05) is 33.5 Å². The largest absolute Gasteiger partial charge is 0.492 e. The number of nitrogens with one attached hydrogen (secondary N) is 2. The van der Waals surface area contributed by atoms with Gasteiger partial charge in [-0.2, -0.15) is 5.26 Å². The normalized spacial score (nSPS) is 17.8. The van der Waals surface area contributed by atoms with Crippen LogP contribution in [-0.4, -0.2) is 50.9 Å². The molecule has 4 rings (SSSR count). The molecule has 1 aliphatic carbocycles. The number of amides is 1. The molecule has 1 saturated heterocycles. The molecule has 0 unspecified atom stereocenters. The topological polar surface area (TPSA) is 110 Å². The molecule has 8 nitrogen and oxygen atoms in total. The summed E-state index contributed by atoms with van der Waals surface area (Å²) in [4.78, 5) is 25.3. The van der Waals surface area contributed by atoms with Crippen molar-refractivity contribution in [1.29, 1.82) is 5.26 Å². The highest BCUT2D eigenvalue weighted by molar-refractivity contribution is 5.89. The molecule has 8 heteroatoms. The Labute approximate surface area is 199 Å². The lowest BCUT2D eigenvalue weighted by molar-refractivity contribution is -0.133.